The van der Waals surface area contributed by atoms with Crippen LogP contribution in [0.5, 0.6) is 0 Å². The smallest absolute Gasteiger partial charge is 0.134 e. The molecule has 0 amide bonds. The molecule has 3 rings (SSSR count). The Morgan fingerprint density at radius 1 is 1.04 bits per heavy atom. The fraction of sp³-hybridized carbons (Fsp3) is 0.0526. The molecule has 5 heteroatoms. The summed E-state index contributed by atoms with van der Waals surface area (Å²) in [6, 6.07) is 18.2. The molecule has 0 saturated heterocycles. The topological polar surface area (TPSA) is 36.7 Å². The van der Waals surface area contributed by atoms with E-state index < -0.39 is 0 Å². The number of rotatable bonds is 3. The highest BCUT2D eigenvalue weighted by molar-refractivity contribution is 9.10. The summed E-state index contributed by atoms with van der Waals surface area (Å²) in [6.45, 7) is 2.03. The number of allylic oxidation sites excluding steroid dienone is 1. The Bertz CT molecular complexity index is 933. The molecule has 0 aliphatic rings. The van der Waals surface area contributed by atoms with Crippen LogP contribution in [-0.2, 0) is 0 Å². The second-order valence-electron chi connectivity index (χ2n) is 5.15. The molecule has 0 spiro atoms. The molecule has 0 saturated carbocycles. The van der Waals surface area contributed by atoms with Gasteiger partial charge in [-0.05, 0) is 42.8 Å². The first kappa shape index (κ1) is 17.1. The van der Waals surface area contributed by atoms with Crippen LogP contribution >= 0.6 is 43.2 Å². The third kappa shape index (κ3) is 3.84. The molecule has 3 aromatic rings. The zero-order chi connectivity index (χ0) is 17.1. The summed E-state index contributed by atoms with van der Waals surface area (Å²) in [5.41, 5.74) is 3.54. The van der Waals surface area contributed by atoms with Crippen LogP contribution in [0.4, 0.5) is 0 Å². The van der Waals surface area contributed by atoms with Gasteiger partial charge in [0, 0.05) is 19.4 Å². The molecule has 2 nitrogen and oxygen atoms in total. The highest BCUT2D eigenvalue weighted by Gasteiger charge is 2.13. The van der Waals surface area contributed by atoms with Crippen LogP contribution in [0.15, 0.2) is 57.5 Å². The molecule has 0 bridgehead atoms. The fourth-order valence-corrected chi connectivity index (χ4v) is 3.69. The van der Waals surface area contributed by atoms with E-state index in [0.29, 0.717) is 5.57 Å². The second kappa shape index (κ2) is 7.43. The number of nitrogens with zero attached hydrogens (tertiary/aromatic N) is 2. The highest BCUT2D eigenvalue weighted by Crippen LogP contribution is 2.32. The number of hydrogen-bond acceptors (Lipinski definition) is 3. The predicted octanol–water partition coefficient (Wildman–Crippen LogP) is 6.71. The second-order valence-corrected chi connectivity index (χ2v) is 8.19. The van der Waals surface area contributed by atoms with Crippen molar-refractivity contribution in [2.45, 2.75) is 6.92 Å². The number of halogens is 2. The summed E-state index contributed by atoms with van der Waals surface area (Å²) in [5.74, 6) is 0. The maximum Gasteiger partial charge on any atom is 0.134 e. The van der Waals surface area contributed by atoms with Gasteiger partial charge in [0.1, 0.15) is 11.1 Å². The Balaban J connectivity index is 1.99. The summed E-state index contributed by atoms with van der Waals surface area (Å²) in [5, 5.41) is 10.3. The number of benzene rings is 2. The lowest BCUT2D eigenvalue weighted by Gasteiger charge is -1.98. The summed E-state index contributed by atoms with van der Waals surface area (Å²) in [4.78, 5) is 5.80. The van der Waals surface area contributed by atoms with Crippen LogP contribution in [0.3, 0.4) is 0 Å². The molecule has 1 aromatic heterocycles. The van der Waals surface area contributed by atoms with Crippen LogP contribution in [0.1, 0.15) is 15.4 Å². The van der Waals surface area contributed by atoms with E-state index in [1.54, 1.807) is 11.3 Å². The largest absolute Gasteiger partial charge is 0.235 e. The van der Waals surface area contributed by atoms with Crippen molar-refractivity contribution in [3.63, 3.8) is 0 Å². The fourth-order valence-electron chi connectivity index (χ4n) is 2.25. The standard InChI is InChI=1S/C19H12Br2N2S/c1-12-18(14-4-8-17(21)9-5-14)23-19(24-12)15(11-22)10-13-2-6-16(20)7-3-13/h2-10H,1H3/b15-10-. The molecule has 1 heterocycles. The predicted molar refractivity (Wildman–Crippen MR) is 108 cm³/mol. The Morgan fingerprint density at radius 3 is 2.21 bits per heavy atom. The Morgan fingerprint density at radius 2 is 1.62 bits per heavy atom. The molecular formula is C19H12Br2N2S. The molecule has 0 unspecified atom stereocenters. The SMILES string of the molecule is Cc1sc(/C(C#N)=C\c2ccc(Br)cc2)nc1-c1ccc(Br)cc1. The zero-order valence-electron chi connectivity index (χ0n) is 12.8. The lowest BCUT2D eigenvalue weighted by atomic mass is 10.1. The van der Waals surface area contributed by atoms with Gasteiger partial charge in [0.05, 0.1) is 11.3 Å². The van der Waals surface area contributed by atoms with E-state index in [9.17, 15) is 5.26 Å². The van der Waals surface area contributed by atoms with Crippen molar-refractivity contribution in [1.29, 1.82) is 5.26 Å². The third-order valence-electron chi connectivity index (χ3n) is 3.45. The van der Waals surface area contributed by atoms with Crippen molar-refractivity contribution < 1.29 is 0 Å². The Hall–Kier alpha value is -1.74. The molecule has 0 N–H and O–H groups in total. The molecule has 0 radical (unpaired) electrons. The van der Waals surface area contributed by atoms with Crippen LogP contribution in [0.2, 0.25) is 0 Å². The zero-order valence-corrected chi connectivity index (χ0v) is 16.7. The molecule has 0 aliphatic carbocycles. The highest BCUT2D eigenvalue weighted by atomic mass is 79.9. The summed E-state index contributed by atoms with van der Waals surface area (Å²) < 4.78 is 2.05. The van der Waals surface area contributed by atoms with Crippen LogP contribution in [0, 0.1) is 18.3 Å². The molecule has 0 atom stereocenters. The minimum Gasteiger partial charge on any atom is -0.235 e. The minimum absolute atomic E-state index is 0.578. The minimum atomic E-state index is 0.578. The monoisotopic (exact) mass is 458 g/mol. The van der Waals surface area contributed by atoms with Crippen molar-refractivity contribution in [2.75, 3.05) is 0 Å². The van der Waals surface area contributed by atoms with Gasteiger partial charge in [-0.2, -0.15) is 5.26 Å². The molecule has 0 aliphatic heterocycles. The van der Waals surface area contributed by atoms with Gasteiger partial charge in [0.15, 0.2) is 0 Å². The quantitative estimate of drug-likeness (QED) is 0.408. The molecular weight excluding hydrogens is 448 g/mol. The first-order valence-electron chi connectivity index (χ1n) is 7.18. The maximum atomic E-state index is 9.54. The maximum absolute atomic E-state index is 9.54. The van der Waals surface area contributed by atoms with Crippen LogP contribution in [-0.4, -0.2) is 4.98 Å². The van der Waals surface area contributed by atoms with Gasteiger partial charge in [-0.25, -0.2) is 4.98 Å². The van der Waals surface area contributed by atoms with E-state index in [0.717, 1.165) is 35.7 Å². The van der Waals surface area contributed by atoms with Gasteiger partial charge < -0.3 is 0 Å². The number of hydrogen-bond donors (Lipinski definition) is 0. The van der Waals surface area contributed by atoms with Crippen molar-refractivity contribution >= 4 is 54.8 Å². The molecule has 0 fully saturated rings. The number of thiazole rings is 1. The molecule has 118 valence electrons. The van der Waals surface area contributed by atoms with Crippen LogP contribution < -0.4 is 0 Å². The van der Waals surface area contributed by atoms with Gasteiger partial charge in [-0.1, -0.05) is 56.1 Å². The third-order valence-corrected chi connectivity index (χ3v) is 5.51. The molecule has 2 aromatic carbocycles. The van der Waals surface area contributed by atoms with E-state index in [-0.39, 0.29) is 0 Å². The average Bonchev–Trinajstić information content (AvgIpc) is 2.96. The van der Waals surface area contributed by atoms with Gasteiger partial charge >= 0.3 is 0 Å². The Labute approximate surface area is 161 Å². The average molecular weight is 460 g/mol. The first-order chi connectivity index (χ1) is 11.6. The van der Waals surface area contributed by atoms with E-state index >= 15 is 0 Å². The van der Waals surface area contributed by atoms with Gasteiger partial charge in [0.25, 0.3) is 0 Å². The first-order valence-corrected chi connectivity index (χ1v) is 9.58. The van der Waals surface area contributed by atoms with E-state index in [4.69, 9.17) is 4.98 Å². The number of aryl methyl sites for hydroxylation is 1. The lowest BCUT2D eigenvalue weighted by molar-refractivity contribution is 1.34. The van der Waals surface area contributed by atoms with Gasteiger partial charge in [0.2, 0.25) is 0 Å². The summed E-state index contributed by atoms with van der Waals surface area (Å²) in [7, 11) is 0. The van der Waals surface area contributed by atoms with Crippen molar-refractivity contribution in [3.8, 4) is 17.3 Å². The van der Waals surface area contributed by atoms with Crippen molar-refractivity contribution in [2.24, 2.45) is 0 Å². The normalized spacial score (nSPS) is 11.3. The summed E-state index contributed by atoms with van der Waals surface area (Å²) in [6.07, 6.45) is 1.87. The number of nitriles is 1. The van der Waals surface area contributed by atoms with Crippen LogP contribution in [0.25, 0.3) is 22.9 Å². The van der Waals surface area contributed by atoms with E-state index in [1.165, 1.54) is 0 Å². The molecule has 24 heavy (non-hydrogen) atoms. The Kier molecular flexibility index (Phi) is 5.30. The van der Waals surface area contributed by atoms with Crippen molar-refractivity contribution in [1.82, 2.24) is 4.98 Å². The van der Waals surface area contributed by atoms with Gasteiger partial charge in [-0.15, -0.1) is 11.3 Å². The van der Waals surface area contributed by atoms with E-state index in [1.807, 2.05) is 61.5 Å². The summed E-state index contributed by atoms with van der Waals surface area (Å²) >= 11 is 8.41. The number of aromatic nitrogens is 1. The van der Waals surface area contributed by atoms with Gasteiger partial charge in [-0.3, -0.25) is 0 Å². The van der Waals surface area contributed by atoms with Crippen molar-refractivity contribution in [3.05, 3.63) is 72.9 Å². The van der Waals surface area contributed by atoms with E-state index in [2.05, 4.69) is 37.9 Å². The lowest BCUT2D eigenvalue weighted by Crippen LogP contribution is -1.83.